The topological polar surface area (TPSA) is 67.5 Å². The smallest absolute Gasteiger partial charge is 0.292 e. The standard InChI is InChI=1S/C9H11N3O2/c1-7(10-2)11-8-5-3-4-6-9(8)12(13)14/h3-6H,1-2H3,(H,10,11). The number of amidine groups is 1. The van der Waals surface area contributed by atoms with Crippen molar-refractivity contribution in [2.24, 2.45) is 4.99 Å². The molecule has 0 heterocycles. The first kappa shape index (κ1) is 10.2. The summed E-state index contributed by atoms with van der Waals surface area (Å²) in [6, 6.07) is 6.46. The van der Waals surface area contributed by atoms with Gasteiger partial charge in [0.2, 0.25) is 0 Å². The molecule has 0 aromatic heterocycles. The van der Waals surface area contributed by atoms with Crippen LogP contribution in [-0.4, -0.2) is 17.8 Å². The molecule has 1 N–H and O–H groups in total. The van der Waals surface area contributed by atoms with Gasteiger partial charge in [0, 0.05) is 13.1 Å². The van der Waals surface area contributed by atoms with Crippen molar-refractivity contribution in [2.45, 2.75) is 6.92 Å². The molecule has 0 aliphatic carbocycles. The van der Waals surface area contributed by atoms with Crippen molar-refractivity contribution < 1.29 is 4.92 Å². The predicted octanol–water partition coefficient (Wildman–Crippen LogP) is 2.05. The van der Waals surface area contributed by atoms with Gasteiger partial charge in [0.1, 0.15) is 5.69 Å². The highest BCUT2D eigenvalue weighted by Crippen LogP contribution is 2.22. The van der Waals surface area contributed by atoms with Crippen LogP contribution in [0.15, 0.2) is 29.3 Å². The van der Waals surface area contributed by atoms with Crippen LogP contribution in [0.25, 0.3) is 0 Å². The molecule has 0 radical (unpaired) electrons. The van der Waals surface area contributed by atoms with Crippen molar-refractivity contribution in [1.29, 1.82) is 0 Å². The Kier molecular flexibility index (Phi) is 3.17. The molecule has 0 amide bonds. The van der Waals surface area contributed by atoms with Gasteiger partial charge in [-0.15, -0.1) is 0 Å². The molecule has 5 nitrogen and oxygen atoms in total. The highest BCUT2D eigenvalue weighted by Gasteiger charge is 2.11. The molecule has 0 saturated heterocycles. The molecule has 0 spiro atoms. The van der Waals surface area contributed by atoms with E-state index in [1.54, 1.807) is 32.2 Å². The van der Waals surface area contributed by atoms with Crippen LogP contribution in [0.1, 0.15) is 6.92 Å². The minimum atomic E-state index is -0.425. The number of aliphatic imine (C=N–C) groups is 1. The Labute approximate surface area is 81.6 Å². The predicted molar refractivity (Wildman–Crippen MR) is 55.8 cm³/mol. The van der Waals surface area contributed by atoms with Gasteiger partial charge < -0.3 is 5.32 Å². The number of nitrogens with zero attached hydrogens (tertiary/aromatic N) is 2. The summed E-state index contributed by atoms with van der Waals surface area (Å²) in [4.78, 5) is 14.1. The zero-order valence-corrected chi connectivity index (χ0v) is 8.02. The lowest BCUT2D eigenvalue weighted by molar-refractivity contribution is -0.383. The van der Waals surface area contributed by atoms with Crippen molar-refractivity contribution in [2.75, 3.05) is 12.4 Å². The van der Waals surface area contributed by atoms with Crippen LogP contribution in [-0.2, 0) is 0 Å². The minimum absolute atomic E-state index is 0.0514. The first-order valence-corrected chi connectivity index (χ1v) is 4.09. The Morgan fingerprint density at radius 3 is 2.71 bits per heavy atom. The number of hydrogen-bond donors (Lipinski definition) is 1. The maximum absolute atomic E-state index is 10.6. The molecule has 0 fully saturated rings. The van der Waals surface area contributed by atoms with Gasteiger partial charge in [-0.3, -0.25) is 15.1 Å². The van der Waals surface area contributed by atoms with Crippen LogP contribution in [0.2, 0.25) is 0 Å². The SMILES string of the molecule is CN=C(C)Nc1ccccc1[N+](=O)[O-]. The van der Waals surface area contributed by atoms with Gasteiger partial charge in [-0.1, -0.05) is 12.1 Å². The van der Waals surface area contributed by atoms with Gasteiger partial charge in [-0.05, 0) is 13.0 Å². The number of rotatable bonds is 2. The maximum Gasteiger partial charge on any atom is 0.292 e. The number of para-hydroxylation sites is 2. The Morgan fingerprint density at radius 1 is 1.50 bits per heavy atom. The highest BCUT2D eigenvalue weighted by atomic mass is 16.6. The van der Waals surface area contributed by atoms with E-state index in [1.807, 2.05) is 0 Å². The first-order valence-electron chi connectivity index (χ1n) is 4.09. The molecule has 5 heteroatoms. The summed E-state index contributed by atoms with van der Waals surface area (Å²) < 4.78 is 0. The average Bonchev–Trinajstić information content (AvgIpc) is 2.18. The fraction of sp³-hybridized carbons (Fsp3) is 0.222. The number of nitro benzene ring substituents is 1. The largest absolute Gasteiger partial charge is 0.339 e. The third-order valence-electron chi connectivity index (χ3n) is 1.75. The second kappa shape index (κ2) is 4.36. The van der Waals surface area contributed by atoms with Gasteiger partial charge >= 0.3 is 0 Å². The summed E-state index contributed by atoms with van der Waals surface area (Å²) in [5.41, 5.74) is 0.510. The molecule has 0 bridgehead atoms. The molecule has 1 aromatic carbocycles. The van der Waals surface area contributed by atoms with Crippen LogP contribution >= 0.6 is 0 Å². The van der Waals surface area contributed by atoms with Crippen molar-refractivity contribution >= 4 is 17.2 Å². The molecule has 74 valence electrons. The molecular weight excluding hydrogens is 182 g/mol. The summed E-state index contributed by atoms with van der Waals surface area (Å²) >= 11 is 0. The third kappa shape index (κ3) is 2.29. The lowest BCUT2D eigenvalue weighted by Crippen LogP contribution is -2.08. The van der Waals surface area contributed by atoms with Gasteiger partial charge in [0.25, 0.3) is 5.69 Å². The van der Waals surface area contributed by atoms with E-state index in [4.69, 9.17) is 0 Å². The monoisotopic (exact) mass is 193 g/mol. The Balaban J connectivity index is 3.02. The van der Waals surface area contributed by atoms with Crippen LogP contribution in [0.4, 0.5) is 11.4 Å². The van der Waals surface area contributed by atoms with E-state index in [2.05, 4.69) is 10.3 Å². The van der Waals surface area contributed by atoms with E-state index in [0.717, 1.165) is 0 Å². The van der Waals surface area contributed by atoms with Crippen LogP contribution in [0, 0.1) is 10.1 Å². The Bertz CT molecular complexity index is 374. The summed E-state index contributed by atoms with van der Waals surface area (Å²) in [5.74, 6) is 0.638. The second-order valence-corrected chi connectivity index (χ2v) is 2.71. The Hall–Kier alpha value is -1.91. The number of benzene rings is 1. The van der Waals surface area contributed by atoms with E-state index >= 15 is 0 Å². The quantitative estimate of drug-likeness (QED) is 0.338. The summed E-state index contributed by atoms with van der Waals surface area (Å²) in [5, 5.41) is 13.5. The molecule has 0 saturated carbocycles. The van der Waals surface area contributed by atoms with Crippen molar-refractivity contribution in [3.05, 3.63) is 34.4 Å². The molecule has 1 aromatic rings. The number of anilines is 1. The fourth-order valence-corrected chi connectivity index (χ4v) is 0.989. The lowest BCUT2D eigenvalue weighted by Gasteiger charge is -2.04. The zero-order valence-electron chi connectivity index (χ0n) is 8.02. The van der Waals surface area contributed by atoms with Gasteiger partial charge in [0.15, 0.2) is 0 Å². The second-order valence-electron chi connectivity index (χ2n) is 2.71. The lowest BCUT2D eigenvalue weighted by atomic mass is 10.2. The van der Waals surface area contributed by atoms with E-state index in [-0.39, 0.29) is 5.69 Å². The van der Waals surface area contributed by atoms with E-state index in [9.17, 15) is 10.1 Å². The minimum Gasteiger partial charge on any atom is -0.339 e. The van der Waals surface area contributed by atoms with Gasteiger partial charge in [0.05, 0.1) is 10.8 Å². The van der Waals surface area contributed by atoms with Crippen molar-refractivity contribution in [3.8, 4) is 0 Å². The summed E-state index contributed by atoms with van der Waals surface area (Å²) in [7, 11) is 1.62. The summed E-state index contributed by atoms with van der Waals surface area (Å²) in [6.45, 7) is 1.75. The van der Waals surface area contributed by atoms with E-state index < -0.39 is 4.92 Å². The van der Waals surface area contributed by atoms with E-state index in [0.29, 0.717) is 11.5 Å². The molecule has 1 rings (SSSR count). The molecule has 14 heavy (non-hydrogen) atoms. The Morgan fingerprint density at radius 2 is 2.14 bits per heavy atom. The third-order valence-corrected chi connectivity index (χ3v) is 1.75. The fourth-order valence-electron chi connectivity index (χ4n) is 0.989. The molecule has 0 unspecified atom stereocenters. The highest BCUT2D eigenvalue weighted by molar-refractivity contribution is 5.95. The normalized spacial score (nSPS) is 11.1. The molecule has 0 aliphatic heterocycles. The zero-order chi connectivity index (χ0) is 10.6. The molecular formula is C9H11N3O2. The number of hydrogen-bond acceptors (Lipinski definition) is 3. The van der Waals surface area contributed by atoms with Crippen LogP contribution in [0.3, 0.4) is 0 Å². The van der Waals surface area contributed by atoms with Crippen molar-refractivity contribution in [3.63, 3.8) is 0 Å². The number of nitrogens with one attached hydrogen (secondary N) is 1. The summed E-state index contributed by atoms with van der Waals surface area (Å²) in [6.07, 6.45) is 0. The molecule has 0 aliphatic rings. The van der Waals surface area contributed by atoms with Crippen LogP contribution < -0.4 is 5.32 Å². The van der Waals surface area contributed by atoms with Crippen LogP contribution in [0.5, 0.6) is 0 Å². The number of nitro groups is 1. The van der Waals surface area contributed by atoms with E-state index in [1.165, 1.54) is 6.07 Å². The van der Waals surface area contributed by atoms with Gasteiger partial charge in [-0.2, -0.15) is 0 Å². The molecule has 0 atom stereocenters. The van der Waals surface area contributed by atoms with Crippen molar-refractivity contribution in [1.82, 2.24) is 0 Å². The average molecular weight is 193 g/mol. The first-order chi connectivity index (χ1) is 6.65. The van der Waals surface area contributed by atoms with Gasteiger partial charge in [-0.25, -0.2) is 0 Å². The maximum atomic E-state index is 10.6.